The highest BCUT2D eigenvalue weighted by atomic mass is 16.6. The van der Waals surface area contributed by atoms with Gasteiger partial charge in [0, 0.05) is 12.2 Å². The van der Waals surface area contributed by atoms with E-state index in [-0.39, 0.29) is 12.7 Å². The largest absolute Gasteiger partial charge is 0.461 e. The average Bonchev–Trinajstić information content (AvgIpc) is 3.16. The van der Waals surface area contributed by atoms with Gasteiger partial charge in [-0.3, -0.25) is 14.5 Å². The highest BCUT2D eigenvalue weighted by Crippen LogP contribution is 2.17. The lowest BCUT2D eigenvalue weighted by Crippen LogP contribution is -2.46. The molecule has 2 unspecified atom stereocenters. The van der Waals surface area contributed by atoms with Gasteiger partial charge < -0.3 is 9.47 Å². The van der Waals surface area contributed by atoms with E-state index in [9.17, 15) is 14.4 Å². The number of esters is 1. The lowest BCUT2D eigenvalue weighted by Gasteiger charge is -2.24. The molecule has 0 aromatic carbocycles. The van der Waals surface area contributed by atoms with Crippen LogP contribution in [0.5, 0.6) is 0 Å². The van der Waals surface area contributed by atoms with Crippen molar-refractivity contribution in [1.29, 1.82) is 0 Å². The molecule has 2 rings (SSSR count). The topological polar surface area (TPSA) is 76.2 Å². The molecule has 0 spiro atoms. The number of carbonyl (C=O) groups excluding carboxylic acids is 3. The van der Waals surface area contributed by atoms with Crippen molar-refractivity contribution in [3.63, 3.8) is 0 Å². The second-order valence-electron chi connectivity index (χ2n) is 4.62. The van der Waals surface area contributed by atoms with E-state index in [0.717, 1.165) is 17.7 Å². The number of hydrogen-bond acceptors (Lipinski definition) is 5. The van der Waals surface area contributed by atoms with Crippen LogP contribution in [0.4, 0.5) is 0 Å². The first-order chi connectivity index (χ1) is 9.13. The zero-order valence-corrected chi connectivity index (χ0v) is 10.8. The standard InChI is InChI=1S/C13H17NO5/c1-2-3-4-10(13(17)19-8-9-7-18-9)14-11(15)5-6-12(14)16/h5-6,9-10H,2-4,7-8H2,1H3. The molecular weight excluding hydrogens is 250 g/mol. The molecule has 6 heteroatoms. The smallest absolute Gasteiger partial charge is 0.329 e. The van der Waals surface area contributed by atoms with E-state index in [1.807, 2.05) is 6.92 Å². The molecule has 6 nitrogen and oxygen atoms in total. The Hall–Kier alpha value is -1.69. The van der Waals surface area contributed by atoms with Crippen LogP contribution in [0.3, 0.4) is 0 Å². The van der Waals surface area contributed by atoms with Gasteiger partial charge >= 0.3 is 5.97 Å². The minimum Gasteiger partial charge on any atom is -0.461 e. The Kier molecular flexibility index (Phi) is 4.31. The maximum atomic E-state index is 12.0. The van der Waals surface area contributed by atoms with Crippen LogP contribution in [0.15, 0.2) is 12.2 Å². The van der Waals surface area contributed by atoms with Gasteiger partial charge in [-0.1, -0.05) is 19.8 Å². The molecule has 0 aromatic rings. The highest BCUT2D eigenvalue weighted by Gasteiger charge is 2.37. The molecule has 0 bridgehead atoms. The summed E-state index contributed by atoms with van der Waals surface area (Å²) in [5, 5.41) is 0. The number of unbranched alkanes of at least 4 members (excludes halogenated alkanes) is 1. The average molecular weight is 267 g/mol. The third-order valence-electron chi connectivity index (χ3n) is 3.07. The van der Waals surface area contributed by atoms with Crippen molar-refractivity contribution in [2.75, 3.05) is 13.2 Å². The van der Waals surface area contributed by atoms with Gasteiger partial charge in [-0.15, -0.1) is 0 Å². The Morgan fingerprint density at radius 3 is 2.63 bits per heavy atom. The molecule has 2 aliphatic heterocycles. The number of ether oxygens (including phenoxy) is 2. The van der Waals surface area contributed by atoms with E-state index >= 15 is 0 Å². The lowest BCUT2D eigenvalue weighted by molar-refractivity contribution is -0.158. The van der Waals surface area contributed by atoms with E-state index in [4.69, 9.17) is 9.47 Å². The van der Waals surface area contributed by atoms with Gasteiger partial charge in [0.25, 0.3) is 11.8 Å². The molecule has 0 saturated carbocycles. The third-order valence-corrected chi connectivity index (χ3v) is 3.07. The first-order valence-electron chi connectivity index (χ1n) is 6.47. The van der Waals surface area contributed by atoms with Gasteiger partial charge in [0.15, 0.2) is 0 Å². The van der Waals surface area contributed by atoms with Crippen molar-refractivity contribution in [3.05, 3.63) is 12.2 Å². The summed E-state index contributed by atoms with van der Waals surface area (Å²) in [6.45, 7) is 2.76. The Bertz CT molecular complexity index is 395. The number of epoxide rings is 1. The SMILES string of the molecule is CCCCC(C(=O)OCC1CO1)N1C(=O)C=CC1=O. The summed E-state index contributed by atoms with van der Waals surface area (Å²) in [6, 6.07) is -0.825. The van der Waals surface area contributed by atoms with Crippen LogP contribution >= 0.6 is 0 Å². The summed E-state index contributed by atoms with van der Waals surface area (Å²) in [6.07, 6.45) is 4.38. The van der Waals surface area contributed by atoms with E-state index in [1.54, 1.807) is 0 Å². The maximum Gasteiger partial charge on any atom is 0.329 e. The Labute approximate surface area is 111 Å². The molecule has 2 atom stereocenters. The fraction of sp³-hybridized carbons (Fsp3) is 0.615. The van der Waals surface area contributed by atoms with Crippen LogP contribution < -0.4 is 0 Å². The van der Waals surface area contributed by atoms with Crippen LogP contribution in [-0.4, -0.2) is 48.0 Å². The molecule has 1 fully saturated rings. The van der Waals surface area contributed by atoms with Crippen LogP contribution in [0, 0.1) is 0 Å². The minimum absolute atomic E-state index is 0.0288. The number of imide groups is 1. The minimum atomic E-state index is -0.825. The first kappa shape index (κ1) is 13.7. The fourth-order valence-corrected chi connectivity index (χ4v) is 1.90. The number of rotatable bonds is 7. The molecule has 0 aliphatic carbocycles. The van der Waals surface area contributed by atoms with Crippen LogP contribution in [-0.2, 0) is 23.9 Å². The highest BCUT2D eigenvalue weighted by molar-refractivity contribution is 6.14. The van der Waals surface area contributed by atoms with Crippen molar-refractivity contribution in [3.8, 4) is 0 Å². The summed E-state index contributed by atoms with van der Waals surface area (Å²) < 4.78 is 10.0. The summed E-state index contributed by atoms with van der Waals surface area (Å²) >= 11 is 0. The van der Waals surface area contributed by atoms with E-state index in [0.29, 0.717) is 13.0 Å². The summed E-state index contributed by atoms with van der Waals surface area (Å²) in [5.74, 6) is -1.44. The molecular formula is C13H17NO5. The number of carbonyl (C=O) groups is 3. The van der Waals surface area contributed by atoms with Gasteiger partial charge in [0.05, 0.1) is 6.61 Å². The normalized spacial score (nSPS) is 22.8. The molecule has 0 N–H and O–H groups in total. The van der Waals surface area contributed by atoms with Crippen LogP contribution in [0.2, 0.25) is 0 Å². The molecule has 1 saturated heterocycles. The summed E-state index contributed by atoms with van der Waals surface area (Å²) in [7, 11) is 0. The number of amides is 2. The van der Waals surface area contributed by atoms with Crippen molar-refractivity contribution >= 4 is 17.8 Å². The zero-order valence-electron chi connectivity index (χ0n) is 10.8. The quantitative estimate of drug-likeness (QED) is 0.379. The second kappa shape index (κ2) is 5.97. The summed E-state index contributed by atoms with van der Waals surface area (Å²) in [5.41, 5.74) is 0. The third kappa shape index (κ3) is 3.41. The number of nitrogens with zero attached hydrogens (tertiary/aromatic N) is 1. The van der Waals surface area contributed by atoms with Crippen molar-refractivity contribution in [2.24, 2.45) is 0 Å². The van der Waals surface area contributed by atoms with Crippen molar-refractivity contribution in [2.45, 2.75) is 38.3 Å². The fourth-order valence-electron chi connectivity index (χ4n) is 1.90. The lowest BCUT2D eigenvalue weighted by atomic mass is 10.1. The van der Waals surface area contributed by atoms with Gasteiger partial charge in [-0.2, -0.15) is 0 Å². The predicted molar refractivity (Wildman–Crippen MR) is 65.0 cm³/mol. The Balaban J connectivity index is 1.98. The molecule has 0 radical (unpaired) electrons. The Morgan fingerprint density at radius 2 is 2.11 bits per heavy atom. The van der Waals surface area contributed by atoms with Crippen molar-refractivity contribution in [1.82, 2.24) is 4.90 Å². The molecule has 2 heterocycles. The van der Waals surface area contributed by atoms with Crippen LogP contribution in [0.25, 0.3) is 0 Å². The molecule has 2 aliphatic rings. The zero-order chi connectivity index (χ0) is 13.8. The molecule has 0 aromatic heterocycles. The monoisotopic (exact) mass is 267 g/mol. The second-order valence-corrected chi connectivity index (χ2v) is 4.62. The van der Waals surface area contributed by atoms with Crippen LogP contribution in [0.1, 0.15) is 26.2 Å². The maximum absolute atomic E-state index is 12.0. The van der Waals surface area contributed by atoms with Gasteiger partial charge in [0.2, 0.25) is 0 Å². The van der Waals surface area contributed by atoms with Crippen molar-refractivity contribution < 1.29 is 23.9 Å². The van der Waals surface area contributed by atoms with E-state index < -0.39 is 23.8 Å². The predicted octanol–water partition coefficient (Wildman–Crippen LogP) is 0.412. The van der Waals surface area contributed by atoms with Gasteiger partial charge in [-0.25, -0.2) is 4.79 Å². The molecule has 104 valence electrons. The number of hydrogen-bond donors (Lipinski definition) is 0. The molecule has 19 heavy (non-hydrogen) atoms. The van der Waals surface area contributed by atoms with E-state index in [2.05, 4.69) is 0 Å². The first-order valence-corrected chi connectivity index (χ1v) is 6.47. The Morgan fingerprint density at radius 1 is 1.47 bits per heavy atom. The molecule has 2 amide bonds. The van der Waals surface area contributed by atoms with Gasteiger partial charge in [-0.05, 0) is 6.42 Å². The summed E-state index contributed by atoms with van der Waals surface area (Å²) in [4.78, 5) is 36.2. The van der Waals surface area contributed by atoms with Gasteiger partial charge in [0.1, 0.15) is 18.8 Å². The van der Waals surface area contributed by atoms with E-state index in [1.165, 1.54) is 12.2 Å².